The van der Waals surface area contributed by atoms with Crippen LogP contribution in [0.2, 0.25) is 5.02 Å². The second-order valence-electron chi connectivity index (χ2n) is 6.28. The maximum absolute atomic E-state index is 12.5. The van der Waals surface area contributed by atoms with Gasteiger partial charge in [0.05, 0.1) is 22.1 Å². The molecule has 1 aliphatic rings. The zero-order valence-electron chi connectivity index (χ0n) is 15.9. The van der Waals surface area contributed by atoms with Gasteiger partial charge in [-0.15, -0.1) is 0 Å². The van der Waals surface area contributed by atoms with Gasteiger partial charge in [0, 0.05) is 30.4 Å². The molecule has 0 aliphatic carbocycles. The van der Waals surface area contributed by atoms with Crippen molar-refractivity contribution >= 4 is 29.3 Å². The average molecular weight is 420 g/mol. The summed E-state index contributed by atoms with van der Waals surface area (Å²) in [5.41, 5.74) is 0.853. The van der Waals surface area contributed by atoms with Crippen LogP contribution in [0.5, 0.6) is 0 Å². The Hall–Kier alpha value is -3.33. The zero-order chi connectivity index (χ0) is 21.3. The first-order valence-corrected chi connectivity index (χ1v) is 9.08. The van der Waals surface area contributed by atoms with Crippen molar-refractivity contribution in [2.45, 2.75) is 19.9 Å². The molecule has 29 heavy (non-hydrogen) atoms. The summed E-state index contributed by atoms with van der Waals surface area (Å²) >= 11 is 6.17. The van der Waals surface area contributed by atoms with Crippen LogP contribution < -0.4 is 5.32 Å². The van der Waals surface area contributed by atoms with Gasteiger partial charge in [-0.3, -0.25) is 10.1 Å². The van der Waals surface area contributed by atoms with Gasteiger partial charge < -0.3 is 19.4 Å². The predicted molar refractivity (Wildman–Crippen MR) is 104 cm³/mol. The molecule has 2 amide bonds. The van der Waals surface area contributed by atoms with E-state index < -0.39 is 23.0 Å². The van der Waals surface area contributed by atoms with Gasteiger partial charge in [-0.2, -0.15) is 0 Å². The third-order valence-corrected chi connectivity index (χ3v) is 4.92. The van der Waals surface area contributed by atoms with Crippen LogP contribution in [0.25, 0.3) is 11.3 Å². The Morgan fingerprint density at radius 2 is 2.10 bits per heavy atom. The van der Waals surface area contributed by atoms with Crippen molar-refractivity contribution < 1.29 is 23.7 Å². The highest BCUT2D eigenvalue weighted by atomic mass is 35.5. The van der Waals surface area contributed by atoms with E-state index in [4.69, 9.17) is 20.8 Å². The number of carbonyl (C=O) groups is 2. The number of benzene rings is 1. The van der Waals surface area contributed by atoms with Crippen LogP contribution >= 0.6 is 11.6 Å². The molecule has 2 heterocycles. The first-order valence-electron chi connectivity index (χ1n) is 8.70. The highest BCUT2D eigenvalue weighted by Gasteiger charge is 2.36. The molecule has 1 aliphatic heterocycles. The number of non-ortho nitro benzene ring substituents is 1. The van der Waals surface area contributed by atoms with Crippen LogP contribution in [0.3, 0.4) is 0 Å². The van der Waals surface area contributed by atoms with Gasteiger partial charge in [-0.25, -0.2) is 9.59 Å². The fourth-order valence-corrected chi connectivity index (χ4v) is 3.20. The van der Waals surface area contributed by atoms with Crippen molar-refractivity contribution in [2.75, 3.05) is 13.7 Å². The maximum atomic E-state index is 12.5. The number of nitro groups is 1. The van der Waals surface area contributed by atoms with Crippen molar-refractivity contribution in [1.82, 2.24) is 10.2 Å². The zero-order valence-corrected chi connectivity index (χ0v) is 16.6. The molecule has 1 aromatic carbocycles. The molecule has 0 spiro atoms. The lowest BCUT2D eigenvalue weighted by molar-refractivity contribution is -0.384. The van der Waals surface area contributed by atoms with Gasteiger partial charge >= 0.3 is 12.0 Å². The van der Waals surface area contributed by atoms with Crippen molar-refractivity contribution in [1.29, 1.82) is 0 Å². The van der Waals surface area contributed by atoms with Gasteiger partial charge in [0.25, 0.3) is 5.69 Å². The number of hydrogen-bond donors (Lipinski definition) is 1. The normalized spacial score (nSPS) is 16.6. The number of nitrogens with zero attached hydrogens (tertiary/aromatic N) is 2. The molecule has 1 atom stereocenters. The number of nitro benzene ring substituents is 1. The van der Waals surface area contributed by atoms with Crippen LogP contribution in [0, 0.1) is 10.1 Å². The minimum Gasteiger partial charge on any atom is -0.463 e. The minimum atomic E-state index is -0.871. The quantitative estimate of drug-likeness (QED) is 0.444. The summed E-state index contributed by atoms with van der Waals surface area (Å²) in [4.78, 5) is 36.6. The molecular formula is C19H18ClN3O6. The van der Waals surface area contributed by atoms with Crippen LogP contribution in [0.15, 0.2) is 46.0 Å². The molecular weight excluding hydrogens is 402 g/mol. The minimum absolute atomic E-state index is 0.141. The molecule has 1 aromatic heterocycles. The van der Waals surface area contributed by atoms with E-state index in [9.17, 15) is 19.7 Å². The van der Waals surface area contributed by atoms with E-state index in [1.807, 2.05) is 0 Å². The van der Waals surface area contributed by atoms with Crippen molar-refractivity contribution in [2.24, 2.45) is 0 Å². The number of allylic oxidation sites excluding steroid dienone is 1. The van der Waals surface area contributed by atoms with E-state index in [1.165, 1.54) is 30.1 Å². The lowest BCUT2D eigenvalue weighted by Crippen LogP contribution is -2.46. The van der Waals surface area contributed by atoms with Crippen LogP contribution in [-0.4, -0.2) is 35.5 Å². The van der Waals surface area contributed by atoms with Gasteiger partial charge in [0.1, 0.15) is 17.6 Å². The Morgan fingerprint density at radius 1 is 1.38 bits per heavy atom. The number of amides is 2. The molecule has 0 saturated carbocycles. The standard InChI is InChI=1S/C19H18ClN3O6/c1-4-28-18(24)16-10(2)22(3)19(25)21-17(16)15-8-7-14(29-15)12-9-11(23(26)27)5-6-13(12)20/h5-9,17H,4H2,1-3H3,(H,21,25)/t17-/m1/s1. The monoisotopic (exact) mass is 419 g/mol. The first-order chi connectivity index (χ1) is 13.7. The largest absolute Gasteiger partial charge is 0.463 e. The SMILES string of the molecule is CCOC(=O)C1=C(C)N(C)C(=O)N[C@@H]1c1ccc(-c2cc([N+](=O)[O-])ccc2Cl)o1. The number of ether oxygens (including phenoxy) is 1. The lowest BCUT2D eigenvalue weighted by Gasteiger charge is -2.31. The summed E-state index contributed by atoms with van der Waals surface area (Å²) in [5, 5.41) is 14.0. The molecule has 10 heteroatoms. The molecule has 152 valence electrons. The molecule has 0 bridgehead atoms. The first kappa shape index (κ1) is 20.4. The molecule has 0 saturated heterocycles. The Bertz CT molecular complexity index is 1030. The molecule has 0 unspecified atom stereocenters. The summed E-state index contributed by atoms with van der Waals surface area (Å²) in [6, 6.07) is 5.86. The summed E-state index contributed by atoms with van der Waals surface area (Å²) in [6.07, 6.45) is 0. The second kappa shape index (κ2) is 7.96. The van der Waals surface area contributed by atoms with Gasteiger partial charge in [-0.1, -0.05) is 11.6 Å². The van der Waals surface area contributed by atoms with E-state index in [0.29, 0.717) is 11.3 Å². The van der Waals surface area contributed by atoms with E-state index in [-0.39, 0.29) is 34.4 Å². The molecule has 9 nitrogen and oxygen atoms in total. The van der Waals surface area contributed by atoms with E-state index in [1.54, 1.807) is 26.0 Å². The van der Waals surface area contributed by atoms with E-state index in [0.717, 1.165) is 0 Å². The lowest BCUT2D eigenvalue weighted by atomic mass is 10.00. The number of rotatable bonds is 5. The number of esters is 1. The number of hydrogen-bond acceptors (Lipinski definition) is 6. The number of urea groups is 1. The number of halogens is 1. The highest BCUT2D eigenvalue weighted by molar-refractivity contribution is 6.33. The number of carbonyl (C=O) groups excluding carboxylic acids is 2. The topological polar surface area (TPSA) is 115 Å². The molecule has 2 aromatic rings. The highest BCUT2D eigenvalue weighted by Crippen LogP contribution is 2.37. The van der Waals surface area contributed by atoms with Crippen LogP contribution in [0.1, 0.15) is 25.6 Å². The molecule has 0 fully saturated rings. The summed E-state index contributed by atoms with van der Waals surface area (Å²) < 4.78 is 11.0. The van der Waals surface area contributed by atoms with E-state index in [2.05, 4.69) is 5.32 Å². The number of furan rings is 1. The van der Waals surface area contributed by atoms with Crippen molar-refractivity contribution in [3.63, 3.8) is 0 Å². The summed E-state index contributed by atoms with van der Waals surface area (Å²) in [6.45, 7) is 3.50. The Morgan fingerprint density at radius 3 is 2.76 bits per heavy atom. The fraction of sp³-hybridized carbons (Fsp3) is 0.263. The maximum Gasteiger partial charge on any atom is 0.338 e. The van der Waals surface area contributed by atoms with Crippen LogP contribution in [-0.2, 0) is 9.53 Å². The molecule has 1 N–H and O–H groups in total. The third kappa shape index (κ3) is 3.81. The molecule has 0 radical (unpaired) electrons. The van der Waals surface area contributed by atoms with Crippen LogP contribution in [0.4, 0.5) is 10.5 Å². The average Bonchev–Trinajstić information content (AvgIpc) is 3.15. The summed E-state index contributed by atoms with van der Waals surface area (Å²) in [5.74, 6) is -0.0395. The second-order valence-corrected chi connectivity index (χ2v) is 6.69. The van der Waals surface area contributed by atoms with Crippen molar-refractivity contribution in [3.8, 4) is 11.3 Å². The smallest absolute Gasteiger partial charge is 0.338 e. The van der Waals surface area contributed by atoms with Crippen molar-refractivity contribution in [3.05, 3.63) is 62.5 Å². The Balaban J connectivity index is 2.05. The molecule has 3 rings (SSSR count). The Kier molecular flexibility index (Phi) is 5.60. The fourth-order valence-electron chi connectivity index (χ4n) is 2.99. The number of nitrogens with one attached hydrogen (secondary N) is 1. The van der Waals surface area contributed by atoms with E-state index >= 15 is 0 Å². The van der Waals surface area contributed by atoms with Gasteiger partial charge in [-0.05, 0) is 32.0 Å². The Labute approximate surface area is 171 Å². The van der Waals surface area contributed by atoms with Gasteiger partial charge in [0.2, 0.25) is 0 Å². The third-order valence-electron chi connectivity index (χ3n) is 4.59. The van der Waals surface area contributed by atoms with Gasteiger partial charge in [0.15, 0.2) is 0 Å². The predicted octanol–water partition coefficient (Wildman–Crippen LogP) is 4.04. The summed E-state index contributed by atoms with van der Waals surface area (Å²) in [7, 11) is 1.54.